The van der Waals surface area contributed by atoms with Gasteiger partial charge in [0.05, 0.1) is 12.1 Å². The summed E-state index contributed by atoms with van der Waals surface area (Å²) >= 11 is 6.16. The second-order valence-electron chi connectivity index (χ2n) is 5.57. The summed E-state index contributed by atoms with van der Waals surface area (Å²) in [6.45, 7) is 0.818. The fraction of sp³-hybridized carbons (Fsp3) is 0.222. The van der Waals surface area contributed by atoms with Crippen molar-refractivity contribution in [1.29, 1.82) is 0 Å². The molecule has 124 valence electrons. The summed E-state index contributed by atoms with van der Waals surface area (Å²) in [6.07, 6.45) is 0.0521. The van der Waals surface area contributed by atoms with Gasteiger partial charge in [-0.1, -0.05) is 41.9 Å². The Labute approximate surface area is 144 Å². The van der Waals surface area contributed by atoms with Gasteiger partial charge in [0.2, 0.25) is 0 Å². The standard InChI is InChI=1S/C18H16ClNO4/c19-16-7-6-14(17(21)22)15-10-20(9-8-13(15)16)18(23)24-11-12-4-2-1-3-5-12/h1-7H,8-11H2,(H,21,22). The van der Waals surface area contributed by atoms with Crippen LogP contribution in [-0.2, 0) is 24.3 Å². The first-order valence-corrected chi connectivity index (χ1v) is 7.93. The van der Waals surface area contributed by atoms with E-state index in [1.54, 1.807) is 6.07 Å². The Morgan fingerprint density at radius 2 is 1.88 bits per heavy atom. The lowest BCUT2D eigenvalue weighted by molar-refractivity contribution is 0.0688. The molecule has 5 nitrogen and oxygen atoms in total. The molecule has 3 rings (SSSR count). The minimum atomic E-state index is -1.03. The molecule has 1 aliphatic heterocycles. The van der Waals surface area contributed by atoms with Gasteiger partial charge in [0.1, 0.15) is 6.61 Å². The number of rotatable bonds is 3. The van der Waals surface area contributed by atoms with E-state index in [-0.39, 0.29) is 18.7 Å². The van der Waals surface area contributed by atoms with Crippen molar-refractivity contribution < 1.29 is 19.4 Å². The van der Waals surface area contributed by atoms with Gasteiger partial charge in [-0.2, -0.15) is 0 Å². The van der Waals surface area contributed by atoms with Gasteiger partial charge in [0.25, 0.3) is 0 Å². The third kappa shape index (κ3) is 3.36. The van der Waals surface area contributed by atoms with Crippen LogP contribution >= 0.6 is 11.6 Å². The Morgan fingerprint density at radius 3 is 2.58 bits per heavy atom. The quantitative estimate of drug-likeness (QED) is 0.920. The van der Waals surface area contributed by atoms with Crippen molar-refractivity contribution in [1.82, 2.24) is 4.90 Å². The maximum absolute atomic E-state index is 12.3. The number of amides is 1. The molecule has 2 aromatic rings. The van der Waals surface area contributed by atoms with E-state index in [0.29, 0.717) is 23.6 Å². The predicted octanol–water partition coefficient (Wildman–Crippen LogP) is 3.73. The maximum Gasteiger partial charge on any atom is 0.410 e. The first-order chi connectivity index (χ1) is 11.6. The number of carbonyl (C=O) groups is 2. The highest BCUT2D eigenvalue weighted by molar-refractivity contribution is 6.31. The number of fused-ring (bicyclic) bond motifs is 1. The Morgan fingerprint density at radius 1 is 1.12 bits per heavy atom. The minimum absolute atomic E-state index is 0.176. The summed E-state index contributed by atoms with van der Waals surface area (Å²) in [5, 5.41) is 9.87. The summed E-state index contributed by atoms with van der Waals surface area (Å²) in [4.78, 5) is 25.2. The molecule has 0 spiro atoms. The predicted molar refractivity (Wildman–Crippen MR) is 89.2 cm³/mol. The van der Waals surface area contributed by atoms with Gasteiger partial charge in [-0.05, 0) is 35.2 Å². The monoisotopic (exact) mass is 345 g/mol. The van der Waals surface area contributed by atoms with E-state index in [1.807, 2.05) is 30.3 Å². The van der Waals surface area contributed by atoms with Gasteiger partial charge in [-0.25, -0.2) is 9.59 Å². The van der Waals surface area contributed by atoms with Crippen molar-refractivity contribution in [2.24, 2.45) is 0 Å². The van der Waals surface area contributed by atoms with Crippen LogP contribution in [0.25, 0.3) is 0 Å². The molecular formula is C18H16ClNO4. The van der Waals surface area contributed by atoms with E-state index in [1.165, 1.54) is 11.0 Å². The van der Waals surface area contributed by atoms with E-state index >= 15 is 0 Å². The summed E-state index contributed by atoms with van der Waals surface area (Å²) in [6, 6.07) is 12.5. The number of aromatic carboxylic acids is 1. The Kier molecular flexibility index (Phi) is 4.71. The van der Waals surface area contributed by atoms with Crippen LogP contribution < -0.4 is 0 Å². The molecule has 0 saturated carbocycles. The number of carboxylic acids is 1. The third-order valence-corrected chi connectivity index (χ3v) is 4.40. The van der Waals surface area contributed by atoms with Crippen LogP contribution in [0.15, 0.2) is 42.5 Å². The molecule has 0 aromatic heterocycles. The number of carbonyl (C=O) groups excluding carboxylic acids is 1. The van der Waals surface area contributed by atoms with Gasteiger partial charge >= 0.3 is 12.1 Å². The molecule has 6 heteroatoms. The molecule has 0 unspecified atom stereocenters. The van der Waals surface area contributed by atoms with Crippen LogP contribution in [0.3, 0.4) is 0 Å². The summed E-state index contributed by atoms with van der Waals surface area (Å²) in [5.74, 6) is -1.03. The molecule has 24 heavy (non-hydrogen) atoms. The second kappa shape index (κ2) is 6.93. The van der Waals surface area contributed by atoms with Crippen LogP contribution in [-0.4, -0.2) is 28.6 Å². The third-order valence-electron chi connectivity index (χ3n) is 4.05. The fourth-order valence-corrected chi connectivity index (χ4v) is 3.07. The van der Waals surface area contributed by atoms with Crippen LogP contribution in [0.1, 0.15) is 27.0 Å². The number of benzene rings is 2. The van der Waals surface area contributed by atoms with Gasteiger partial charge in [-0.15, -0.1) is 0 Å². The molecule has 0 fully saturated rings. The molecule has 0 aliphatic carbocycles. The average molecular weight is 346 g/mol. The smallest absolute Gasteiger partial charge is 0.410 e. The zero-order chi connectivity index (χ0) is 17.1. The largest absolute Gasteiger partial charge is 0.478 e. The van der Waals surface area contributed by atoms with Crippen molar-refractivity contribution in [3.63, 3.8) is 0 Å². The van der Waals surface area contributed by atoms with E-state index in [0.717, 1.165) is 11.1 Å². The SMILES string of the molecule is O=C(O)c1ccc(Cl)c2c1CN(C(=O)OCc1ccccc1)CC2. The number of carboxylic acid groups (broad SMARTS) is 1. The fourth-order valence-electron chi connectivity index (χ4n) is 2.80. The molecule has 0 radical (unpaired) electrons. The van der Waals surface area contributed by atoms with Gasteiger partial charge in [0.15, 0.2) is 0 Å². The van der Waals surface area contributed by atoms with Crippen molar-refractivity contribution in [3.05, 3.63) is 69.7 Å². The van der Waals surface area contributed by atoms with Gasteiger partial charge in [0, 0.05) is 11.6 Å². The Hall–Kier alpha value is -2.53. The topological polar surface area (TPSA) is 66.8 Å². The molecule has 0 atom stereocenters. The van der Waals surface area contributed by atoms with Crippen molar-refractivity contribution in [3.8, 4) is 0 Å². The summed E-state index contributed by atoms with van der Waals surface area (Å²) in [5.41, 5.74) is 2.45. The number of hydrogen-bond acceptors (Lipinski definition) is 3. The average Bonchev–Trinajstić information content (AvgIpc) is 2.60. The summed E-state index contributed by atoms with van der Waals surface area (Å²) < 4.78 is 5.32. The molecule has 0 bridgehead atoms. The Balaban J connectivity index is 1.73. The normalized spacial score (nSPS) is 13.3. The summed E-state index contributed by atoms with van der Waals surface area (Å²) in [7, 11) is 0. The molecule has 1 aliphatic rings. The van der Waals surface area contributed by atoms with Gasteiger partial charge < -0.3 is 14.7 Å². The lowest BCUT2D eigenvalue weighted by atomic mass is 9.95. The zero-order valence-corrected chi connectivity index (χ0v) is 13.6. The van der Waals surface area contributed by atoms with E-state index in [2.05, 4.69) is 0 Å². The lowest BCUT2D eigenvalue weighted by Gasteiger charge is -2.29. The van der Waals surface area contributed by atoms with E-state index in [9.17, 15) is 14.7 Å². The minimum Gasteiger partial charge on any atom is -0.478 e. The van der Waals surface area contributed by atoms with Crippen LogP contribution in [0.5, 0.6) is 0 Å². The molecular weight excluding hydrogens is 330 g/mol. The van der Waals surface area contributed by atoms with Crippen LogP contribution in [0.4, 0.5) is 4.79 Å². The van der Waals surface area contributed by atoms with Crippen molar-refractivity contribution >= 4 is 23.7 Å². The first-order valence-electron chi connectivity index (χ1n) is 7.55. The van der Waals surface area contributed by atoms with Gasteiger partial charge in [-0.3, -0.25) is 0 Å². The highest BCUT2D eigenvalue weighted by atomic mass is 35.5. The number of halogens is 1. The number of ether oxygens (including phenoxy) is 1. The number of hydrogen-bond donors (Lipinski definition) is 1. The zero-order valence-electron chi connectivity index (χ0n) is 12.9. The maximum atomic E-state index is 12.3. The first kappa shape index (κ1) is 16.3. The Bertz CT molecular complexity index is 776. The van der Waals surface area contributed by atoms with Crippen LogP contribution in [0.2, 0.25) is 5.02 Å². The molecule has 1 amide bonds. The van der Waals surface area contributed by atoms with E-state index < -0.39 is 12.1 Å². The lowest BCUT2D eigenvalue weighted by Crippen LogP contribution is -2.37. The van der Waals surface area contributed by atoms with Crippen molar-refractivity contribution in [2.45, 2.75) is 19.6 Å². The number of nitrogens with zero attached hydrogens (tertiary/aromatic N) is 1. The molecule has 1 N–H and O–H groups in total. The highest BCUT2D eigenvalue weighted by Gasteiger charge is 2.27. The molecule has 1 heterocycles. The highest BCUT2D eigenvalue weighted by Crippen LogP contribution is 2.29. The second-order valence-corrected chi connectivity index (χ2v) is 5.98. The molecule has 0 saturated heterocycles. The van der Waals surface area contributed by atoms with Crippen molar-refractivity contribution in [2.75, 3.05) is 6.54 Å². The van der Waals surface area contributed by atoms with Crippen LogP contribution in [0, 0.1) is 0 Å². The van der Waals surface area contributed by atoms with E-state index in [4.69, 9.17) is 16.3 Å². The molecule has 2 aromatic carbocycles.